The van der Waals surface area contributed by atoms with E-state index in [0.29, 0.717) is 0 Å². The molecule has 0 spiro atoms. The molecule has 0 aliphatic carbocycles. The Morgan fingerprint density at radius 1 is 1.50 bits per heavy atom. The van der Waals surface area contributed by atoms with Gasteiger partial charge in [-0.3, -0.25) is 10.1 Å². The van der Waals surface area contributed by atoms with E-state index in [0.717, 1.165) is 0 Å². The van der Waals surface area contributed by atoms with E-state index in [1.165, 1.54) is 0 Å². The highest BCUT2D eigenvalue weighted by atomic mass is 19.4. The molecule has 70 valence electrons. The summed E-state index contributed by atoms with van der Waals surface area (Å²) in [6, 6.07) is 0. The first kappa shape index (κ1) is 10.7. The quantitative estimate of drug-likeness (QED) is 0.508. The number of nitrogens with zero attached hydrogens (tertiary/aromatic N) is 1. The van der Waals surface area contributed by atoms with Crippen LogP contribution in [0.5, 0.6) is 0 Å². The lowest BCUT2D eigenvalue weighted by Gasteiger charge is -2.18. The first-order chi connectivity index (χ1) is 5.14. The van der Waals surface area contributed by atoms with Crippen molar-refractivity contribution in [3.05, 3.63) is 10.1 Å². The van der Waals surface area contributed by atoms with Crippen molar-refractivity contribution in [1.29, 1.82) is 0 Å². The summed E-state index contributed by atoms with van der Waals surface area (Å²) in [6.07, 6.45) is -5.40. The van der Waals surface area contributed by atoms with Crippen molar-refractivity contribution >= 4 is 5.97 Å². The van der Waals surface area contributed by atoms with Crippen LogP contribution in [-0.4, -0.2) is 27.7 Å². The second kappa shape index (κ2) is 2.61. The van der Waals surface area contributed by atoms with Crippen molar-refractivity contribution in [2.24, 2.45) is 0 Å². The van der Waals surface area contributed by atoms with Gasteiger partial charge in [-0.25, -0.2) is 4.79 Å². The molecule has 12 heavy (non-hydrogen) atoms. The molecule has 0 bridgehead atoms. The largest absolute Gasteiger partial charge is 0.476 e. The fourth-order valence-corrected chi connectivity index (χ4v) is 0.303. The number of hydrogen-bond donors (Lipinski definition) is 1. The second-order valence-corrected chi connectivity index (χ2v) is 2.13. The number of carboxylic acids is 1. The molecule has 8 heteroatoms. The van der Waals surface area contributed by atoms with Crippen molar-refractivity contribution < 1.29 is 28.0 Å². The van der Waals surface area contributed by atoms with Gasteiger partial charge < -0.3 is 5.11 Å². The molecule has 0 heterocycles. The highest BCUT2D eigenvalue weighted by Crippen LogP contribution is 2.32. The van der Waals surface area contributed by atoms with Crippen LogP contribution in [0.2, 0.25) is 0 Å². The molecule has 0 aliphatic heterocycles. The zero-order valence-corrected chi connectivity index (χ0v) is 5.75. The normalized spacial score (nSPS) is 16.7. The number of aliphatic carboxylic acids is 1. The van der Waals surface area contributed by atoms with Crippen molar-refractivity contribution in [3.8, 4) is 0 Å². The first-order valence-corrected chi connectivity index (χ1v) is 2.58. The van der Waals surface area contributed by atoms with Gasteiger partial charge in [-0.1, -0.05) is 0 Å². The van der Waals surface area contributed by atoms with Crippen LogP contribution < -0.4 is 0 Å². The van der Waals surface area contributed by atoms with E-state index in [9.17, 15) is 28.1 Å². The van der Waals surface area contributed by atoms with Crippen molar-refractivity contribution in [1.82, 2.24) is 0 Å². The molecule has 0 fully saturated rings. The predicted molar refractivity (Wildman–Crippen MR) is 29.1 cm³/mol. The van der Waals surface area contributed by atoms with Gasteiger partial charge in [0.2, 0.25) is 0 Å². The number of nitro groups is 1. The van der Waals surface area contributed by atoms with E-state index in [1.807, 2.05) is 0 Å². The number of carbonyl (C=O) groups is 1. The molecule has 0 aromatic carbocycles. The molecule has 0 saturated carbocycles. The number of halogens is 3. The van der Waals surface area contributed by atoms with Crippen molar-refractivity contribution in [2.75, 3.05) is 0 Å². The average molecular weight is 187 g/mol. The van der Waals surface area contributed by atoms with E-state index >= 15 is 0 Å². The van der Waals surface area contributed by atoms with E-state index in [4.69, 9.17) is 5.11 Å². The number of hydrogen-bond acceptors (Lipinski definition) is 3. The Balaban J connectivity index is 5.17. The van der Waals surface area contributed by atoms with Gasteiger partial charge in [-0.05, 0) is 0 Å². The van der Waals surface area contributed by atoms with Crippen molar-refractivity contribution in [3.63, 3.8) is 0 Å². The average Bonchev–Trinajstić information content (AvgIpc) is 1.82. The molecule has 0 aromatic rings. The van der Waals surface area contributed by atoms with Gasteiger partial charge in [0.05, 0.1) is 0 Å². The van der Waals surface area contributed by atoms with Gasteiger partial charge in [-0.2, -0.15) is 13.2 Å². The lowest BCUT2D eigenvalue weighted by molar-refractivity contribution is -0.591. The van der Waals surface area contributed by atoms with Gasteiger partial charge in [0, 0.05) is 11.8 Å². The minimum absolute atomic E-state index is 0.00463. The number of rotatable bonds is 2. The predicted octanol–water partition coefficient (Wildman–Crippen LogP) is 0.669. The van der Waals surface area contributed by atoms with E-state index in [-0.39, 0.29) is 6.92 Å². The van der Waals surface area contributed by atoms with Gasteiger partial charge in [0.15, 0.2) is 0 Å². The van der Waals surface area contributed by atoms with Gasteiger partial charge >= 0.3 is 17.7 Å². The van der Waals surface area contributed by atoms with Gasteiger partial charge in [0.1, 0.15) is 0 Å². The minimum atomic E-state index is -5.40. The fraction of sp³-hybridized carbons (Fsp3) is 0.750. The summed E-state index contributed by atoms with van der Waals surface area (Å²) in [4.78, 5) is 17.9. The Bertz CT molecular complexity index is 209. The SMILES string of the molecule is CC(C(=O)O)([N+](=O)[O-])C(F)(F)F. The molecule has 0 amide bonds. The Kier molecular flexibility index (Phi) is 2.32. The molecule has 1 N–H and O–H groups in total. The Labute approximate surface area is 63.9 Å². The van der Waals surface area contributed by atoms with E-state index in [2.05, 4.69) is 0 Å². The van der Waals surface area contributed by atoms with Crippen LogP contribution in [0.1, 0.15) is 6.92 Å². The third kappa shape index (κ3) is 1.31. The smallest absolute Gasteiger partial charge is 0.472 e. The van der Waals surface area contributed by atoms with Crippen LogP contribution >= 0.6 is 0 Å². The lowest BCUT2D eigenvalue weighted by Crippen LogP contribution is -2.55. The topological polar surface area (TPSA) is 80.4 Å². The van der Waals surface area contributed by atoms with Crippen LogP contribution in [-0.2, 0) is 4.79 Å². The van der Waals surface area contributed by atoms with Crippen LogP contribution in [0.15, 0.2) is 0 Å². The molecule has 0 aliphatic rings. The third-order valence-electron chi connectivity index (χ3n) is 1.33. The van der Waals surface area contributed by atoms with Crippen LogP contribution in [0.3, 0.4) is 0 Å². The zero-order chi connectivity index (χ0) is 10.2. The summed E-state index contributed by atoms with van der Waals surface area (Å²) in [5.74, 6) is -2.53. The molecule has 0 radical (unpaired) electrons. The zero-order valence-electron chi connectivity index (χ0n) is 5.75. The molecular weight excluding hydrogens is 183 g/mol. The maximum Gasteiger partial charge on any atom is 0.472 e. The Hall–Kier alpha value is -1.34. The number of alkyl halides is 3. The van der Waals surface area contributed by atoms with E-state index in [1.54, 1.807) is 0 Å². The summed E-state index contributed by atoms with van der Waals surface area (Å²) in [7, 11) is 0. The Morgan fingerprint density at radius 3 is 1.83 bits per heavy atom. The molecule has 5 nitrogen and oxygen atoms in total. The molecule has 0 aromatic heterocycles. The molecular formula is C4H4F3NO4. The maximum atomic E-state index is 11.8. The standard InChI is InChI=1S/C4H4F3NO4/c1-3(2(9)10,8(11)12)4(5,6)7/h1H3,(H,9,10). The van der Waals surface area contributed by atoms with Crippen LogP contribution in [0, 0.1) is 10.1 Å². The fourth-order valence-electron chi connectivity index (χ4n) is 0.303. The minimum Gasteiger partial charge on any atom is -0.476 e. The monoisotopic (exact) mass is 187 g/mol. The Morgan fingerprint density at radius 2 is 1.83 bits per heavy atom. The van der Waals surface area contributed by atoms with Crippen LogP contribution in [0.4, 0.5) is 13.2 Å². The molecule has 1 atom stereocenters. The van der Waals surface area contributed by atoms with Gasteiger partial charge in [0.25, 0.3) is 0 Å². The van der Waals surface area contributed by atoms with Crippen LogP contribution in [0.25, 0.3) is 0 Å². The molecule has 0 rings (SSSR count). The summed E-state index contributed by atoms with van der Waals surface area (Å²) < 4.78 is 35.4. The number of carboxylic acid groups (broad SMARTS) is 1. The summed E-state index contributed by atoms with van der Waals surface area (Å²) in [5, 5.41) is 17.8. The highest BCUT2D eigenvalue weighted by Gasteiger charge is 2.68. The first-order valence-electron chi connectivity index (χ1n) is 2.58. The third-order valence-corrected chi connectivity index (χ3v) is 1.33. The highest BCUT2D eigenvalue weighted by molar-refractivity contribution is 5.77. The summed E-state index contributed by atoms with van der Waals surface area (Å²) in [6.45, 7) is -0.00463. The van der Waals surface area contributed by atoms with E-state index < -0.39 is 22.6 Å². The maximum absolute atomic E-state index is 11.8. The lowest BCUT2D eigenvalue weighted by atomic mass is 10.0. The molecule has 0 saturated heterocycles. The van der Waals surface area contributed by atoms with Crippen molar-refractivity contribution in [2.45, 2.75) is 18.6 Å². The van der Waals surface area contributed by atoms with Gasteiger partial charge in [-0.15, -0.1) is 0 Å². The molecule has 1 unspecified atom stereocenters. The summed E-state index contributed by atoms with van der Waals surface area (Å²) in [5.41, 5.74) is -3.92. The second-order valence-electron chi connectivity index (χ2n) is 2.13. The summed E-state index contributed by atoms with van der Waals surface area (Å²) >= 11 is 0.